The van der Waals surface area contributed by atoms with E-state index in [1.165, 1.54) is 6.07 Å². The molecule has 2 aromatic carbocycles. The largest absolute Gasteiger partial charge is 0.491 e. The third kappa shape index (κ3) is 5.63. The quantitative estimate of drug-likeness (QED) is 0.533. The van der Waals surface area contributed by atoms with E-state index in [2.05, 4.69) is 13.8 Å². The van der Waals surface area contributed by atoms with Gasteiger partial charge >= 0.3 is 0 Å². The number of hydrogen-bond donors (Lipinski definition) is 0. The predicted octanol–water partition coefficient (Wildman–Crippen LogP) is 6.71. The maximum Gasteiger partial charge on any atom is 0.138 e. The van der Waals surface area contributed by atoms with Crippen molar-refractivity contribution in [1.82, 2.24) is 0 Å². The van der Waals surface area contributed by atoms with E-state index >= 15 is 0 Å². The highest BCUT2D eigenvalue weighted by Crippen LogP contribution is 2.34. The molecule has 1 atom stereocenters. The van der Waals surface area contributed by atoms with Crippen molar-refractivity contribution in [2.45, 2.75) is 65.6 Å². The Morgan fingerprint density at radius 2 is 1.73 bits per heavy atom. The van der Waals surface area contributed by atoms with Gasteiger partial charge in [-0.3, -0.25) is 0 Å². The van der Waals surface area contributed by atoms with Gasteiger partial charge in [-0.15, -0.1) is 0 Å². The molecule has 0 aromatic heterocycles. The monoisotopic (exact) mass is 378 g/mol. The van der Waals surface area contributed by atoms with Gasteiger partial charge in [0.15, 0.2) is 0 Å². The van der Waals surface area contributed by atoms with Crippen LogP contribution in [0.1, 0.15) is 52.2 Å². The van der Waals surface area contributed by atoms with E-state index in [0.29, 0.717) is 22.9 Å². The fourth-order valence-electron chi connectivity index (χ4n) is 3.09. The summed E-state index contributed by atoms with van der Waals surface area (Å²) < 4.78 is 25.8. The van der Waals surface area contributed by atoms with Gasteiger partial charge in [-0.1, -0.05) is 31.5 Å². The summed E-state index contributed by atoms with van der Waals surface area (Å²) in [6.07, 6.45) is 0.627. The highest BCUT2D eigenvalue weighted by atomic mass is 35.5. The van der Waals surface area contributed by atoms with Crippen LogP contribution in [0.4, 0.5) is 4.39 Å². The maximum atomic E-state index is 14.1. The zero-order valence-electron chi connectivity index (χ0n) is 16.4. The van der Waals surface area contributed by atoms with Crippen molar-refractivity contribution in [2.24, 2.45) is 0 Å². The van der Waals surface area contributed by atoms with Gasteiger partial charge in [-0.05, 0) is 74.9 Å². The first-order valence-electron chi connectivity index (χ1n) is 8.97. The number of rotatable bonds is 7. The summed E-state index contributed by atoms with van der Waals surface area (Å²) in [6, 6.07) is 10.6. The third-order valence-corrected chi connectivity index (χ3v) is 4.55. The summed E-state index contributed by atoms with van der Waals surface area (Å²) in [7, 11) is 0. The Morgan fingerprint density at radius 1 is 1.04 bits per heavy atom. The molecule has 26 heavy (non-hydrogen) atoms. The van der Waals surface area contributed by atoms with Crippen LogP contribution in [-0.2, 0) is 5.41 Å². The summed E-state index contributed by atoms with van der Waals surface area (Å²) in [5.41, 5.74) is 1.70. The molecule has 2 nitrogen and oxygen atoms in total. The van der Waals surface area contributed by atoms with Crippen LogP contribution in [0, 0.1) is 12.7 Å². The molecule has 0 aliphatic rings. The lowest BCUT2D eigenvalue weighted by atomic mass is 9.80. The molecule has 0 radical (unpaired) electrons. The lowest BCUT2D eigenvalue weighted by Gasteiger charge is -2.30. The molecule has 0 spiro atoms. The second-order valence-corrected chi connectivity index (χ2v) is 8.20. The molecule has 0 saturated carbocycles. The standard InChI is InChI=1S/C22H28ClFO2/c1-14(2)25-19-11-17(10-18(24)12-19)22(5,6)13-16(4)26-21-9-15(3)7-8-20(21)23/h7-12,14,16H,13H2,1-6H3. The predicted molar refractivity (Wildman–Crippen MR) is 106 cm³/mol. The number of halogens is 2. The molecule has 1 unspecified atom stereocenters. The second-order valence-electron chi connectivity index (χ2n) is 7.79. The van der Waals surface area contributed by atoms with Crippen molar-refractivity contribution in [3.63, 3.8) is 0 Å². The van der Waals surface area contributed by atoms with E-state index in [1.807, 2.05) is 52.0 Å². The van der Waals surface area contributed by atoms with Gasteiger partial charge in [0.1, 0.15) is 17.3 Å². The Kier molecular flexibility index (Phi) is 6.57. The van der Waals surface area contributed by atoms with Crippen LogP contribution in [0.3, 0.4) is 0 Å². The number of aryl methyl sites for hydroxylation is 1. The topological polar surface area (TPSA) is 18.5 Å². The third-order valence-electron chi connectivity index (χ3n) is 4.24. The van der Waals surface area contributed by atoms with Crippen molar-refractivity contribution in [2.75, 3.05) is 0 Å². The zero-order chi connectivity index (χ0) is 19.5. The lowest BCUT2D eigenvalue weighted by molar-refractivity contribution is 0.180. The van der Waals surface area contributed by atoms with E-state index in [9.17, 15) is 4.39 Å². The average Bonchev–Trinajstić information content (AvgIpc) is 2.49. The van der Waals surface area contributed by atoms with Crippen LogP contribution in [-0.4, -0.2) is 12.2 Å². The Hall–Kier alpha value is -1.74. The smallest absolute Gasteiger partial charge is 0.138 e. The Bertz CT molecular complexity index is 756. The van der Waals surface area contributed by atoms with Crippen LogP contribution < -0.4 is 9.47 Å². The SMILES string of the molecule is Cc1ccc(Cl)c(OC(C)CC(C)(C)c2cc(F)cc(OC(C)C)c2)c1. The van der Waals surface area contributed by atoms with E-state index in [-0.39, 0.29) is 23.4 Å². The minimum Gasteiger partial charge on any atom is -0.491 e. The first-order valence-corrected chi connectivity index (χ1v) is 9.35. The van der Waals surface area contributed by atoms with Crippen LogP contribution in [0.25, 0.3) is 0 Å². The van der Waals surface area contributed by atoms with Gasteiger partial charge in [0.25, 0.3) is 0 Å². The van der Waals surface area contributed by atoms with Gasteiger partial charge < -0.3 is 9.47 Å². The molecular weight excluding hydrogens is 351 g/mol. The normalized spacial score (nSPS) is 13.0. The minimum atomic E-state index is -0.290. The van der Waals surface area contributed by atoms with E-state index in [0.717, 1.165) is 11.1 Å². The summed E-state index contributed by atoms with van der Waals surface area (Å²) >= 11 is 6.23. The molecule has 0 heterocycles. The molecule has 0 saturated heterocycles. The molecule has 142 valence electrons. The highest BCUT2D eigenvalue weighted by molar-refractivity contribution is 6.32. The van der Waals surface area contributed by atoms with Crippen molar-refractivity contribution in [3.8, 4) is 11.5 Å². The maximum absolute atomic E-state index is 14.1. The number of benzene rings is 2. The summed E-state index contributed by atoms with van der Waals surface area (Å²) in [5, 5.41) is 0.596. The van der Waals surface area contributed by atoms with Crippen LogP contribution in [0.15, 0.2) is 36.4 Å². The van der Waals surface area contributed by atoms with Crippen molar-refractivity contribution in [1.29, 1.82) is 0 Å². The molecule has 0 N–H and O–H groups in total. The second kappa shape index (κ2) is 8.30. The Balaban J connectivity index is 2.16. The first kappa shape index (κ1) is 20.6. The van der Waals surface area contributed by atoms with E-state index in [1.54, 1.807) is 6.07 Å². The zero-order valence-corrected chi connectivity index (χ0v) is 17.2. The first-order chi connectivity index (χ1) is 12.1. The van der Waals surface area contributed by atoms with Crippen molar-refractivity contribution >= 4 is 11.6 Å². The van der Waals surface area contributed by atoms with Gasteiger partial charge in [-0.2, -0.15) is 0 Å². The Labute approximate surface area is 161 Å². The van der Waals surface area contributed by atoms with Gasteiger partial charge in [-0.25, -0.2) is 4.39 Å². The van der Waals surface area contributed by atoms with Crippen LogP contribution in [0.2, 0.25) is 5.02 Å². The molecular formula is C22H28ClFO2. The van der Waals surface area contributed by atoms with Crippen LogP contribution in [0.5, 0.6) is 11.5 Å². The molecule has 0 aliphatic heterocycles. The number of hydrogen-bond acceptors (Lipinski definition) is 2. The fraction of sp³-hybridized carbons (Fsp3) is 0.455. The molecule has 0 aliphatic carbocycles. The Morgan fingerprint density at radius 3 is 2.38 bits per heavy atom. The lowest BCUT2D eigenvalue weighted by Crippen LogP contribution is -2.27. The summed E-state index contributed by atoms with van der Waals surface area (Å²) in [5.74, 6) is 0.943. The molecule has 0 amide bonds. The molecule has 2 rings (SSSR count). The molecule has 0 bridgehead atoms. The van der Waals surface area contributed by atoms with Gasteiger partial charge in [0.2, 0.25) is 0 Å². The highest BCUT2D eigenvalue weighted by Gasteiger charge is 2.26. The molecule has 4 heteroatoms. The van der Waals surface area contributed by atoms with Gasteiger partial charge in [0, 0.05) is 6.07 Å². The van der Waals surface area contributed by atoms with Crippen molar-refractivity contribution < 1.29 is 13.9 Å². The fourth-order valence-corrected chi connectivity index (χ4v) is 3.25. The molecule has 0 fully saturated rings. The van der Waals surface area contributed by atoms with E-state index < -0.39 is 0 Å². The van der Waals surface area contributed by atoms with Crippen LogP contribution >= 0.6 is 11.6 Å². The van der Waals surface area contributed by atoms with E-state index in [4.69, 9.17) is 21.1 Å². The molecule has 2 aromatic rings. The van der Waals surface area contributed by atoms with Gasteiger partial charge in [0.05, 0.1) is 17.2 Å². The number of ether oxygens (including phenoxy) is 2. The summed E-state index contributed by atoms with van der Waals surface area (Å²) in [6.45, 7) is 12.0. The average molecular weight is 379 g/mol. The summed E-state index contributed by atoms with van der Waals surface area (Å²) in [4.78, 5) is 0. The minimum absolute atomic E-state index is 0.00141. The van der Waals surface area contributed by atoms with Crippen molar-refractivity contribution in [3.05, 3.63) is 58.4 Å².